The maximum atomic E-state index is 6.09. The van der Waals surface area contributed by atoms with Crippen LogP contribution in [0.2, 0.25) is 5.15 Å². The molecule has 1 aromatic carbocycles. The van der Waals surface area contributed by atoms with Crippen molar-refractivity contribution in [2.45, 2.75) is 23.1 Å². The molecule has 26 heavy (non-hydrogen) atoms. The Balaban J connectivity index is 1.66. The van der Waals surface area contributed by atoms with E-state index in [1.165, 1.54) is 11.8 Å². The molecule has 2 aromatic heterocycles. The van der Waals surface area contributed by atoms with Crippen LogP contribution in [0.25, 0.3) is 0 Å². The molecule has 0 unspecified atom stereocenters. The molecule has 0 aliphatic heterocycles. The van der Waals surface area contributed by atoms with Crippen LogP contribution in [0, 0.1) is 0 Å². The summed E-state index contributed by atoms with van der Waals surface area (Å²) in [5.74, 6) is 0.314. The molecule has 3 rings (SSSR count). The Bertz CT molecular complexity index is 879. The van der Waals surface area contributed by atoms with Gasteiger partial charge in [0.05, 0.1) is 6.04 Å². The van der Waals surface area contributed by atoms with Gasteiger partial charge in [-0.1, -0.05) is 41.9 Å². The van der Waals surface area contributed by atoms with E-state index in [9.17, 15) is 0 Å². The molecule has 3 aromatic rings. The molecule has 0 bridgehead atoms. The van der Waals surface area contributed by atoms with E-state index in [1.54, 1.807) is 24.5 Å². The number of aromatic nitrogens is 4. The number of rotatable bonds is 5. The summed E-state index contributed by atoms with van der Waals surface area (Å²) in [6.07, 6.45) is 3.34. The number of anilines is 1. The second-order valence-electron chi connectivity index (χ2n) is 5.22. The normalized spacial score (nSPS) is 11.6. The first-order valence-electron chi connectivity index (χ1n) is 7.72. The summed E-state index contributed by atoms with van der Waals surface area (Å²) >= 11 is 12.7. The minimum absolute atomic E-state index is 0.0435. The van der Waals surface area contributed by atoms with E-state index >= 15 is 0 Å². The second-order valence-corrected chi connectivity index (χ2v) is 7.00. The van der Waals surface area contributed by atoms with Gasteiger partial charge in [0.2, 0.25) is 5.95 Å². The van der Waals surface area contributed by atoms with Gasteiger partial charge in [-0.2, -0.15) is 0 Å². The van der Waals surface area contributed by atoms with E-state index < -0.39 is 0 Å². The third-order valence-electron chi connectivity index (χ3n) is 3.28. The number of nitrogens with one attached hydrogen (secondary N) is 2. The highest BCUT2D eigenvalue weighted by Crippen LogP contribution is 2.25. The predicted octanol–water partition coefficient (Wildman–Crippen LogP) is 4.12. The van der Waals surface area contributed by atoms with E-state index in [2.05, 4.69) is 30.6 Å². The zero-order valence-corrected chi connectivity index (χ0v) is 16.1. The Morgan fingerprint density at radius 1 is 1.12 bits per heavy atom. The van der Waals surface area contributed by atoms with Crippen molar-refractivity contribution in [1.82, 2.24) is 25.3 Å². The lowest BCUT2D eigenvalue weighted by Gasteiger charge is -2.16. The molecule has 1 atom stereocenters. The van der Waals surface area contributed by atoms with Crippen molar-refractivity contribution in [3.8, 4) is 0 Å². The number of nitrogens with zero attached hydrogens (tertiary/aromatic N) is 4. The van der Waals surface area contributed by atoms with E-state index in [-0.39, 0.29) is 6.04 Å². The van der Waals surface area contributed by atoms with Crippen molar-refractivity contribution in [3.05, 3.63) is 65.6 Å². The van der Waals surface area contributed by atoms with Gasteiger partial charge in [0.25, 0.3) is 0 Å². The maximum absolute atomic E-state index is 6.09. The van der Waals surface area contributed by atoms with Crippen molar-refractivity contribution in [1.29, 1.82) is 0 Å². The highest BCUT2D eigenvalue weighted by Gasteiger charge is 2.10. The van der Waals surface area contributed by atoms with Crippen LogP contribution in [0.1, 0.15) is 18.5 Å². The lowest BCUT2D eigenvalue weighted by molar-refractivity contribution is 0.722. The molecule has 0 fully saturated rings. The molecule has 0 saturated carbocycles. The quantitative estimate of drug-likeness (QED) is 0.375. The number of thiocarbonyl (C=S) groups is 1. The van der Waals surface area contributed by atoms with E-state index in [1.807, 2.05) is 37.3 Å². The lowest BCUT2D eigenvalue weighted by atomic mass is 10.1. The first-order chi connectivity index (χ1) is 12.6. The van der Waals surface area contributed by atoms with Crippen LogP contribution in [-0.4, -0.2) is 25.0 Å². The van der Waals surface area contributed by atoms with Crippen molar-refractivity contribution in [2.75, 3.05) is 5.32 Å². The molecule has 0 radical (unpaired) electrons. The minimum atomic E-state index is 0.0435. The van der Waals surface area contributed by atoms with Crippen LogP contribution in [0.3, 0.4) is 0 Å². The van der Waals surface area contributed by atoms with Gasteiger partial charge in [-0.15, -0.1) is 0 Å². The second kappa shape index (κ2) is 8.88. The molecule has 2 heterocycles. The SMILES string of the molecule is C[C@H](NC(=S)Nc1nc(Cl)cc(Sc2ncccn2)n1)c1ccccc1. The van der Waals surface area contributed by atoms with Crippen LogP contribution in [0.5, 0.6) is 0 Å². The van der Waals surface area contributed by atoms with Gasteiger partial charge in [-0.25, -0.2) is 19.9 Å². The molecule has 9 heteroatoms. The number of benzene rings is 1. The topological polar surface area (TPSA) is 75.6 Å². The van der Waals surface area contributed by atoms with Crippen molar-refractivity contribution in [3.63, 3.8) is 0 Å². The molecule has 0 amide bonds. The van der Waals surface area contributed by atoms with E-state index in [0.717, 1.165) is 5.56 Å². The average molecular weight is 403 g/mol. The third kappa shape index (κ3) is 5.35. The summed E-state index contributed by atoms with van der Waals surface area (Å²) < 4.78 is 0. The van der Waals surface area contributed by atoms with E-state index in [4.69, 9.17) is 23.8 Å². The summed E-state index contributed by atoms with van der Waals surface area (Å²) in [6, 6.07) is 13.5. The molecule has 6 nitrogen and oxygen atoms in total. The third-order valence-corrected chi connectivity index (χ3v) is 4.51. The van der Waals surface area contributed by atoms with Crippen molar-refractivity contribution in [2.24, 2.45) is 0 Å². The van der Waals surface area contributed by atoms with Crippen LogP contribution >= 0.6 is 35.6 Å². The first kappa shape index (κ1) is 18.5. The molecule has 2 N–H and O–H groups in total. The first-order valence-corrected chi connectivity index (χ1v) is 9.32. The van der Waals surface area contributed by atoms with Crippen LogP contribution in [0.4, 0.5) is 5.95 Å². The number of hydrogen-bond donors (Lipinski definition) is 2. The predicted molar refractivity (Wildman–Crippen MR) is 107 cm³/mol. The number of halogens is 1. The molecule has 0 aliphatic carbocycles. The van der Waals surface area contributed by atoms with Gasteiger partial charge < -0.3 is 10.6 Å². The fourth-order valence-electron chi connectivity index (χ4n) is 2.10. The van der Waals surface area contributed by atoms with E-state index in [0.29, 0.717) is 26.4 Å². The lowest BCUT2D eigenvalue weighted by Crippen LogP contribution is -2.31. The van der Waals surface area contributed by atoms with Gasteiger partial charge in [0, 0.05) is 18.5 Å². The Labute approximate surface area is 165 Å². The Morgan fingerprint density at radius 3 is 2.58 bits per heavy atom. The zero-order chi connectivity index (χ0) is 18.4. The van der Waals surface area contributed by atoms with Gasteiger partial charge in [-0.05, 0) is 42.5 Å². The van der Waals surface area contributed by atoms with Crippen LogP contribution < -0.4 is 10.6 Å². The van der Waals surface area contributed by atoms with Crippen LogP contribution in [0.15, 0.2) is 65.0 Å². The monoisotopic (exact) mass is 402 g/mol. The van der Waals surface area contributed by atoms with Gasteiger partial charge >= 0.3 is 0 Å². The summed E-state index contributed by atoms with van der Waals surface area (Å²) in [5, 5.41) is 8.08. The van der Waals surface area contributed by atoms with Crippen LogP contribution in [-0.2, 0) is 0 Å². The zero-order valence-electron chi connectivity index (χ0n) is 13.8. The average Bonchev–Trinajstić information content (AvgIpc) is 2.62. The van der Waals surface area contributed by atoms with Crippen molar-refractivity contribution >= 4 is 46.6 Å². The molecule has 0 spiro atoms. The largest absolute Gasteiger partial charge is 0.356 e. The Hall–Kier alpha value is -2.29. The smallest absolute Gasteiger partial charge is 0.231 e. The molecule has 132 valence electrons. The Kier molecular flexibility index (Phi) is 6.32. The van der Waals surface area contributed by atoms with Gasteiger partial charge in [0.1, 0.15) is 10.2 Å². The van der Waals surface area contributed by atoms with Crippen molar-refractivity contribution < 1.29 is 0 Å². The molecular formula is C17H15ClN6S2. The fraction of sp³-hybridized carbons (Fsp3) is 0.118. The van der Waals surface area contributed by atoms with Gasteiger partial charge in [-0.3, -0.25) is 0 Å². The molecule has 0 saturated heterocycles. The summed E-state index contributed by atoms with van der Waals surface area (Å²) in [6.45, 7) is 2.02. The number of hydrogen-bond acceptors (Lipinski definition) is 6. The summed E-state index contributed by atoms with van der Waals surface area (Å²) in [5.41, 5.74) is 1.13. The Morgan fingerprint density at radius 2 is 1.85 bits per heavy atom. The minimum Gasteiger partial charge on any atom is -0.356 e. The van der Waals surface area contributed by atoms with Gasteiger partial charge in [0.15, 0.2) is 10.3 Å². The standard InChI is InChI=1S/C17H15ClN6S2/c1-11(12-6-3-2-4-7-12)21-16(25)24-15-22-13(18)10-14(23-15)26-17-19-8-5-9-20-17/h2-11H,1H3,(H2,21,22,23,24,25)/t11-/m0/s1. The molecular weight excluding hydrogens is 388 g/mol. The highest BCUT2D eigenvalue weighted by molar-refractivity contribution is 7.99. The summed E-state index contributed by atoms with van der Waals surface area (Å²) in [7, 11) is 0. The molecule has 0 aliphatic rings. The highest BCUT2D eigenvalue weighted by atomic mass is 35.5. The maximum Gasteiger partial charge on any atom is 0.231 e. The summed E-state index contributed by atoms with van der Waals surface area (Å²) in [4.78, 5) is 16.9. The fourth-order valence-corrected chi connectivity index (χ4v) is 3.33.